The second kappa shape index (κ2) is 4.90. The Morgan fingerprint density at radius 2 is 1.46 bits per heavy atom. The van der Waals surface area contributed by atoms with Gasteiger partial charge in [0.15, 0.2) is 6.20 Å². The summed E-state index contributed by atoms with van der Waals surface area (Å²) in [5.74, 6) is 0. The van der Waals surface area contributed by atoms with Crippen LogP contribution in [0.25, 0.3) is 54.8 Å². The van der Waals surface area contributed by atoms with E-state index in [9.17, 15) is 0 Å². The highest BCUT2D eigenvalue weighted by atomic mass is 16.3. The van der Waals surface area contributed by atoms with Gasteiger partial charge < -0.3 is 8.82 Å². The number of para-hydroxylation sites is 2. The molecule has 0 radical (unpaired) electrons. The number of nitrogens with zero attached hydrogens (tertiary/aromatic N) is 2. The van der Waals surface area contributed by atoms with E-state index in [-0.39, 0.29) is 0 Å². The average molecular weight is 359 g/mol. The second-order valence-electron chi connectivity index (χ2n) is 7.35. The van der Waals surface area contributed by atoms with Crippen molar-refractivity contribution < 1.29 is 8.82 Å². The van der Waals surface area contributed by atoms with Crippen molar-refractivity contribution in [2.24, 2.45) is 0 Å². The molecule has 0 N–H and O–H groups in total. The maximum absolute atomic E-state index is 6.33. The standard InChI is InChI=1S/C25H15N2O/c1-3-7-20-16(5-1)13-22-18-15-19-23-14-17-6-2-4-8-21(17)27(23)12-10-25(19)28-24(18)9-11-26(20)22/h1-15H/q+1. The van der Waals surface area contributed by atoms with Crippen LogP contribution in [0.4, 0.5) is 0 Å². The van der Waals surface area contributed by atoms with E-state index >= 15 is 0 Å². The van der Waals surface area contributed by atoms with Gasteiger partial charge in [-0.2, -0.15) is 4.40 Å². The molecule has 2 aromatic carbocycles. The smallest absolute Gasteiger partial charge is 0.223 e. The fourth-order valence-electron chi connectivity index (χ4n) is 4.53. The lowest BCUT2D eigenvalue weighted by Crippen LogP contribution is -2.18. The van der Waals surface area contributed by atoms with E-state index < -0.39 is 0 Å². The van der Waals surface area contributed by atoms with E-state index in [1.54, 1.807) is 0 Å². The molecule has 0 amide bonds. The van der Waals surface area contributed by atoms with Gasteiger partial charge in [-0.25, -0.2) is 0 Å². The Morgan fingerprint density at radius 3 is 2.43 bits per heavy atom. The third-order valence-electron chi connectivity index (χ3n) is 5.84. The Balaban J connectivity index is 1.70. The molecule has 0 aliphatic heterocycles. The molecule has 0 fully saturated rings. The molecule has 5 heterocycles. The van der Waals surface area contributed by atoms with Crippen molar-refractivity contribution in [3.8, 4) is 0 Å². The molecule has 7 rings (SSSR count). The summed E-state index contributed by atoms with van der Waals surface area (Å²) in [6.45, 7) is 0. The van der Waals surface area contributed by atoms with E-state index in [1.807, 2.05) is 0 Å². The van der Waals surface area contributed by atoms with Crippen LogP contribution >= 0.6 is 0 Å². The van der Waals surface area contributed by atoms with Crippen LogP contribution in [0.2, 0.25) is 0 Å². The van der Waals surface area contributed by atoms with Crippen molar-refractivity contribution in [2.45, 2.75) is 0 Å². The van der Waals surface area contributed by atoms with Crippen LogP contribution in [0.1, 0.15) is 0 Å². The summed E-state index contributed by atoms with van der Waals surface area (Å²) >= 11 is 0. The number of hydrogen-bond donors (Lipinski definition) is 0. The summed E-state index contributed by atoms with van der Waals surface area (Å²) in [5, 5.41) is 4.73. The Kier molecular flexibility index (Phi) is 2.49. The van der Waals surface area contributed by atoms with Crippen molar-refractivity contribution in [2.75, 3.05) is 0 Å². The zero-order valence-electron chi connectivity index (χ0n) is 15.0. The van der Waals surface area contributed by atoms with Gasteiger partial charge in [0.05, 0.1) is 21.8 Å². The first-order valence-corrected chi connectivity index (χ1v) is 9.45. The molecular formula is C25H15N2O+. The molecule has 3 heteroatoms. The molecule has 130 valence electrons. The second-order valence-corrected chi connectivity index (χ2v) is 7.35. The first kappa shape index (κ1) is 14.2. The molecule has 0 aliphatic rings. The van der Waals surface area contributed by atoms with Crippen molar-refractivity contribution in [3.05, 3.63) is 91.3 Å². The Morgan fingerprint density at radius 1 is 0.643 bits per heavy atom. The van der Waals surface area contributed by atoms with Crippen molar-refractivity contribution in [1.82, 2.24) is 4.40 Å². The molecule has 0 unspecified atom stereocenters. The lowest BCUT2D eigenvalue weighted by Gasteiger charge is -2.04. The van der Waals surface area contributed by atoms with Crippen LogP contribution in [0, 0.1) is 0 Å². The number of benzene rings is 2. The molecule has 0 bridgehead atoms. The molecule has 0 saturated heterocycles. The first-order chi connectivity index (χ1) is 13.9. The lowest BCUT2D eigenvalue weighted by molar-refractivity contribution is -0.478. The monoisotopic (exact) mass is 359 g/mol. The zero-order valence-corrected chi connectivity index (χ0v) is 15.0. The minimum absolute atomic E-state index is 0.906. The number of aromatic nitrogens is 2. The first-order valence-electron chi connectivity index (χ1n) is 9.45. The quantitative estimate of drug-likeness (QED) is 0.245. The largest absolute Gasteiger partial charge is 0.455 e. The zero-order chi connectivity index (χ0) is 18.2. The third kappa shape index (κ3) is 1.71. The van der Waals surface area contributed by atoms with Crippen LogP contribution < -0.4 is 4.40 Å². The van der Waals surface area contributed by atoms with Crippen molar-refractivity contribution >= 4 is 54.8 Å². The fourth-order valence-corrected chi connectivity index (χ4v) is 4.53. The highest BCUT2D eigenvalue weighted by Gasteiger charge is 2.17. The molecule has 0 spiro atoms. The highest BCUT2D eigenvalue weighted by Crippen LogP contribution is 2.31. The normalized spacial score (nSPS) is 12.3. The minimum Gasteiger partial charge on any atom is -0.455 e. The summed E-state index contributed by atoms with van der Waals surface area (Å²) < 4.78 is 10.8. The van der Waals surface area contributed by atoms with E-state index in [4.69, 9.17) is 4.42 Å². The van der Waals surface area contributed by atoms with Crippen LogP contribution in [-0.2, 0) is 0 Å². The summed E-state index contributed by atoms with van der Waals surface area (Å²) in [6, 6.07) is 27.8. The SMILES string of the molecule is c1ccc2c(c1)cc1c3cc4c(cc[n+]5c6ccccc6cc45)oc3ccn21. The molecule has 0 atom stereocenters. The Labute approximate surface area is 159 Å². The summed E-state index contributed by atoms with van der Waals surface area (Å²) in [6.07, 6.45) is 4.19. The minimum atomic E-state index is 0.906. The summed E-state index contributed by atoms with van der Waals surface area (Å²) in [4.78, 5) is 0. The molecule has 0 aliphatic carbocycles. The van der Waals surface area contributed by atoms with Gasteiger partial charge in [-0.15, -0.1) is 0 Å². The fraction of sp³-hybridized carbons (Fsp3) is 0. The predicted octanol–water partition coefficient (Wildman–Crippen LogP) is 5.88. The molecule has 3 nitrogen and oxygen atoms in total. The Bertz CT molecular complexity index is 1590. The average Bonchev–Trinajstić information content (AvgIpc) is 3.31. The van der Waals surface area contributed by atoms with Crippen LogP contribution in [0.3, 0.4) is 0 Å². The maximum Gasteiger partial charge on any atom is 0.223 e. The van der Waals surface area contributed by atoms with E-state index in [0.29, 0.717) is 0 Å². The topological polar surface area (TPSA) is 21.7 Å². The number of rotatable bonds is 0. The number of fused-ring (bicyclic) bond motifs is 10. The van der Waals surface area contributed by atoms with Gasteiger partial charge in [-0.05, 0) is 30.3 Å². The van der Waals surface area contributed by atoms with Crippen LogP contribution in [0.5, 0.6) is 0 Å². The van der Waals surface area contributed by atoms with Crippen LogP contribution in [-0.4, -0.2) is 4.40 Å². The number of hydrogen-bond acceptors (Lipinski definition) is 1. The molecule has 7 aromatic rings. The number of pyridine rings is 2. The van der Waals surface area contributed by atoms with Gasteiger partial charge in [0.25, 0.3) is 0 Å². The van der Waals surface area contributed by atoms with Gasteiger partial charge in [0.1, 0.15) is 11.2 Å². The van der Waals surface area contributed by atoms with E-state index in [0.717, 1.165) is 21.9 Å². The van der Waals surface area contributed by atoms with E-state index in [1.165, 1.54) is 32.8 Å². The molecule has 5 aromatic heterocycles. The molecule has 28 heavy (non-hydrogen) atoms. The molecule has 0 saturated carbocycles. The molecular weight excluding hydrogens is 344 g/mol. The lowest BCUT2D eigenvalue weighted by atomic mass is 10.1. The maximum atomic E-state index is 6.33. The predicted molar refractivity (Wildman–Crippen MR) is 113 cm³/mol. The van der Waals surface area contributed by atoms with Gasteiger partial charge in [0.2, 0.25) is 11.0 Å². The summed E-state index contributed by atoms with van der Waals surface area (Å²) in [7, 11) is 0. The van der Waals surface area contributed by atoms with Crippen molar-refractivity contribution in [1.29, 1.82) is 0 Å². The van der Waals surface area contributed by atoms with Crippen LogP contribution in [0.15, 0.2) is 95.7 Å². The highest BCUT2D eigenvalue weighted by molar-refractivity contribution is 6.06. The van der Waals surface area contributed by atoms with Gasteiger partial charge in [-0.1, -0.05) is 30.3 Å². The third-order valence-corrected chi connectivity index (χ3v) is 5.84. The van der Waals surface area contributed by atoms with Gasteiger partial charge >= 0.3 is 0 Å². The van der Waals surface area contributed by atoms with E-state index in [2.05, 4.69) is 100 Å². The Hall–Kier alpha value is -3.85. The van der Waals surface area contributed by atoms with Crippen molar-refractivity contribution in [3.63, 3.8) is 0 Å². The van der Waals surface area contributed by atoms with Gasteiger partial charge in [-0.3, -0.25) is 0 Å². The van der Waals surface area contributed by atoms with Gasteiger partial charge in [0, 0.05) is 35.2 Å². The summed E-state index contributed by atoms with van der Waals surface area (Å²) in [5.41, 5.74) is 6.58.